The second kappa shape index (κ2) is 7.37. The molecule has 24 heavy (non-hydrogen) atoms. The lowest BCUT2D eigenvalue weighted by molar-refractivity contribution is 0.0876. The SMILES string of the molecule is Cc1cc(C(=O)CN2CCN(C)CC2)c(C)n1-c1ccc(I)cc1. The number of ketones is 1. The Bertz CT molecular complexity index is 728. The van der Waals surface area contributed by atoms with Gasteiger partial charge in [-0.05, 0) is 73.8 Å². The zero-order valence-corrected chi connectivity index (χ0v) is 16.7. The molecule has 1 aromatic heterocycles. The number of halogens is 1. The van der Waals surface area contributed by atoms with Crippen molar-refractivity contribution in [3.05, 3.63) is 50.9 Å². The second-order valence-corrected chi connectivity index (χ2v) is 7.84. The highest BCUT2D eigenvalue weighted by Gasteiger charge is 2.21. The monoisotopic (exact) mass is 437 g/mol. The van der Waals surface area contributed by atoms with Crippen LogP contribution < -0.4 is 0 Å². The molecule has 0 unspecified atom stereocenters. The summed E-state index contributed by atoms with van der Waals surface area (Å²) in [6.45, 7) is 8.64. The van der Waals surface area contributed by atoms with Gasteiger partial charge in [-0.25, -0.2) is 0 Å². The maximum atomic E-state index is 12.8. The Morgan fingerprint density at radius 1 is 1.08 bits per heavy atom. The van der Waals surface area contributed by atoms with Crippen molar-refractivity contribution >= 4 is 28.4 Å². The summed E-state index contributed by atoms with van der Waals surface area (Å²) in [6.07, 6.45) is 0. The molecule has 1 aliphatic heterocycles. The Balaban J connectivity index is 1.80. The van der Waals surface area contributed by atoms with Crippen LogP contribution >= 0.6 is 22.6 Å². The number of nitrogens with zero attached hydrogens (tertiary/aromatic N) is 3. The lowest BCUT2D eigenvalue weighted by Gasteiger charge is -2.31. The van der Waals surface area contributed by atoms with Crippen LogP contribution in [0.15, 0.2) is 30.3 Å². The number of benzene rings is 1. The standard InChI is InChI=1S/C19H24IN3O/c1-14-12-18(19(24)13-22-10-8-21(3)9-11-22)15(2)23(14)17-6-4-16(20)5-7-17/h4-7,12H,8-11,13H2,1-3H3. The molecular formula is C19H24IN3O. The molecule has 0 bridgehead atoms. The predicted molar refractivity (Wildman–Crippen MR) is 106 cm³/mol. The van der Waals surface area contributed by atoms with Crippen molar-refractivity contribution in [3.8, 4) is 5.69 Å². The predicted octanol–water partition coefficient (Wildman–Crippen LogP) is 3.13. The van der Waals surface area contributed by atoms with Gasteiger partial charge in [-0.1, -0.05) is 0 Å². The van der Waals surface area contributed by atoms with E-state index in [1.165, 1.54) is 3.57 Å². The first-order valence-electron chi connectivity index (χ1n) is 8.34. The van der Waals surface area contributed by atoms with Crippen molar-refractivity contribution in [2.45, 2.75) is 13.8 Å². The first kappa shape index (κ1) is 17.6. The zero-order valence-electron chi connectivity index (χ0n) is 14.6. The van der Waals surface area contributed by atoms with Gasteiger partial charge in [0.25, 0.3) is 0 Å². The quantitative estimate of drug-likeness (QED) is 0.544. The molecule has 0 spiro atoms. The largest absolute Gasteiger partial charge is 0.318 e. The van der Waals surface area contributed by atoms with Gasteiger partial charge in [-0.2, -0.15) is 0 Å². The number of piperazine rings is 1. The van der Waals surface area contributed by atoms with Crippen LogP contribution in [0.4, 0.5) is 0 Å². The van der Waals surface area contributed by atoms with Crippen LogP contribution in [0, 0.1) is 17.4 Å². The molecule has 4 nitrogen and oxygen atoms in total. The third kappa shape index (κ3) is 3.73. The van der Waals surface area contributed by atoms with Gasteiger partial charge in [0.2, 0.25) is 0 Å². The highest BCUT2D eigenvalue weighted by Crippen LogP contribution is 2.22. The van der Waals surface area contributed by atoms with E-state index in [0.717, 1.165) is 48.8 Å². The molecule has 128 valence electrons. The van der Waals surface area contributed by atoms with Gasteiger partial charge in [0.05, 0.1) is 6.54 Å². The van der Waals surface area contributed by atoms with Crippen molar-refractivity contribution in [1.29, 1.82) is 0 Å². The maximum absolute atomic E-state index is 12.8. The fraction of sp³-hybridized carbons (Fsp3) is 0.421. The average Bonchev–Trinajstić information content (AvgIpc) is 2.85. The molecule has 1 aromatic carbocycles. The first-order chi connectivity index (χ1) is 11.5. The van der Waals surface area contributed by atoms with E-state index in [1.807, 2.05) is 13.0 Å². The summed E-state index contributed by atoms with van der Waals surface area (Å²) < 4.78 is 3.39. The lowest BCUT2D eigenvalue weighted by Crippen LogP contribution is -2.46. The highest BCUT2D eigenvalue weighted by atomic mass is 127. The molecular weight excluding hydrogens is 413 g/mol. The van der Waals surface area contributed by atoms with Gasteiger partial charge in [-0.3, -0.25) is 9.69 Å². The van der Waals surface area contributed by atoms with E-state index in [1.54, 1.807) is 0 Å². The van der Waals surface area contributed by atoms with Crippen molar-refractivity contribution in [3.63, 3.8) is 0 Å². The molecule has 3 rings (SSSR count). The van der Waals surface area contributed by atoms with E-state index < -0.39 is 0 Å². The van der Waals surface area contributed by atoms with Crippen LogP contribution in [0.25, 0.3) is 5.69 Å². The zero-order chi connectivity index (χ0) is 17.3. The topological polar surface area (TPSA) is 28.5 Å². The smallest absolute Gasteiger partial charge is 0.178 e. The number of aryl methyl sites for hydroxylation is 1. The first-order valence-corrected chi connectivity index (χ1v) is 9.42. The fourth-order valence-electron chi connectivity index (χ4n) is 3.33. The number of carbonyl (C=O) groups is 1. The molecule has 2 aromatic rings. The minimum absolute atomic E-state index is 0.226. The molecule has 1 fully saturated rings. The molecule has 0 radical (unpaired) electrons. The second-order valence-electron chi connectivity index (χ2n) is 6.60. The molecule has 5 heteroatoms. The van der Waals surface area contributed by atoms with Crippen molar-refractivity contribution in [2.24, 2.45) is 0 Å². The van der Waals surface area contributed by atoms with E-state index in [2.05, 4.69) is 75.2 Å². The fourth-order valence-corrected chi connectivity index (χ4v) is 3.69. The maximum Gasteiger partial charge on any atom is 0.178 e. The van der Waals surface area contributed by atoms with Crippen LogP contribution in [-0.4, -0.2) is 59.9 Å². The third-order valence-electron chi connectivity index (χ3n) is 4.78. The number of rotatable bonds is 4. The van der Waals surface area contributed by atoms with E-state index in [0.29, 0.717) is 6.54 Å². The molecule has 0 aliphatic carbocycles. The Hall–Kier alpha value is -1.18. The molecule has 0 saturated carbocycles. The number of hydrogen-bond donors (Lipinski definition) is 0. The molecule has 0 amide bonds. The summed E-state index contributed by atoms with van der Waals surface area (Å²) in [5.74, 6) is 0.226. The lowest BCUT2D eigenvalue weighted by atomic mass is 10.1. The van der Waals surface area contributed by atoms with E-state index in [-0.39, 0.29) is 5.78 Å². The Morgan fingerprint density at radius 3 is 2.33 bits per heavy atom. The molecule has 1 saturated heterocycles. The summed E-state index contributed by atoms with van der Waals surface area (Å²) >= 11 is 2.31. The summed E-state index contributed by atoms with van der Waals surface area (Å²) in [4.78, 5) is 17.4. The summed E-state index contributed by atoms with van der Waals surface area (Å²) in [7, 11) is 2.13. The van der Waals surface area contributed by atoms with E-state index >= 15 is 0 Å². The van der Waals surface area contributed by atoms with Gasteiger partial charge in [0.15, 0.2) is 5.78 Å². The Morgan fingerprint density at radius 2 is 1.71 bits per heavy atom. The van der Waals surface area contributed by atoms with Crippen LogP contribution in [0.1, 0.15) is 21.7 Å². The summed E-state index contributed by atoms with van der Waals surface area (Å²) in [5, 5.41) is 0. The number of likely N-dealkylation sites (N-methyl/N-ethyl adjacent to an activating group) is 1. The Kier molecular flexibility index (Phi) is 5.42. The molecule has 0 N–H and O–H groups in total. The number of aromatic nitrogens is 1. The van der Waals surface area contributed by atoms with Gasteiger partial charge in [0.1, 0.15) is 0 Å². The van der Waals surface area contributed by atoms with E-state index in [4.69, 9.17) is 0 Å². The molecule has 2 heterocycles. The van der Waals surface area contributed by atoms with Gasteiger partial charge in [0, 0.05) is 52.4 Å². The number of carbonyl (C=O) groups excluding carboxylic acids is 1. The summed E-state index contributed by atoms with van der Waals surface area (Å²) in [6, 6.07) is 10.4. The highest BCUT2D eigenvalue weighted by molar-refractivity contribution is 14.1. The van der Waals surface area contributed by atoms with E-state index in [9.17, 15) is 4.79 Å². The molecule has 1 aliphatic rings. The average molecular weight is 437 g/mol. The van der Waals surface area contributed by atoms with Gasteiger partial charge < -0.3 is 9.47 Å². The number of Topliss-reactive ketones (excluding diaryl/α,β-unsaturated/α-hetero) is 1. The summed E-state index contributed by atoms with van der Waals surface area (Å²) in [5.41, 5.74) is 4.11. The van der Waals surface area contributed by atoms with Crippen LogP contribution in [0.3, 0.4) is 0 Å². The van der Waals surface area contributed by atoms with Crippen LogP contribution in [0.2, 0.25) is 0 Å². The molecule has 0 atom stereocenters. The van der Waals surface area contributed by atoms with Crippen molar-refractivity contribution in [2.75, 3.05) is 39.8 Å². The third-order valence-corrected chi connectivity index (χ3v) is 5.50. The normalized spacial score (nSPS) is 16.5. The Labute approximate surface area is 157 Å². The van der Waals surface area contributed by atoms with Gasteiger partial charge >= 0.3 is 0 Å². The van der Waals surface area contributed by atoms with Crippen LogP contribution in [0.5, 0.6) is 0 Å². The number of hydrogen-bond acceptors (Lipinski definition) is 3. The van der Waals surface area contributed by atoms with Crippen molar-refractivity contribution < 1.29 is 4.79 Å². The van der Waals surface area contributed by atoms with Crippen molar-refractivity contribution in [1.82, 2.24) is 14.4 Å². The van der Waals surface area contributed by atoms with Crippen LogP contribution in [-0.2, 0) is 0 Å². The van der Waals surface area contributed by atoms with Gasteiger partial charge in [-0.15, -0.1) is 0 Å². The minimum Gasteiger partial charge on any atom is -0.318 e. The minimum atomic E-state index is 0.226.